The predicted molar refractivity (Wildman–Crippen MR) is 75.5 cm³/mol. The van der Waals surface area contributed by atoms with Gasteiger partial charge >= 0.3 is 0 Å². The molecule has 1 rings (SSSR count). The Morgan fingerprint density at radius 3 is 2.94 bits per heavy atom. The van der Waals surface area contributed by atoms with Gasteiger partial charge in [0.05, 0.1) is 5.56 Å². The van der Waals surface area contributed by atoms with Crippen molar-refractivity contribution in [1.82, 2.24) is 5.32 Å². The standard InChI is InChI=1S/C11H13BrINO2/c1-7(4-5-15)14-11(16)9-6-8(12)2-3-10(9)13/h2-3,6-7,15H,4-5H2,1H3,(H,14,16). The number of benzene rings is 1. The van der Waals surface area contributed by atoms with Crippen molar-refractivity contribution in [2.24, 2.45) is 0 Å². The van der Waals surface area contributed by atoms with Gasteiger partial charge in [0.2, 0.25) is 0 Å². The molecule has 1 aromatic carbocycles. The van der Waals surface area contributed by atoms with E-state index in [4.69, 9.17) is 5.11 Å². The average molecular weight is 398 g/mol. The third kappa shape index (κ3) is 4.03. The second-order valence-corrected chi connectivity index (χ2v) is 5.59. The van der Waals surface area contributed by atoms with Gasteiger partial charge in [-0.15, -0.1) is 0 Å². The fourth-order valence-corrected chi connectivity index (χ4v) is 2.18. The normalized spacial score (nSPS) is 12.2. The molecule has 1 aromatic rings. The Morgan fingerprint density at radius 2 is 2.31 bits per heavy atom. The van der Waals surface area contributed by atoms with Crippen molar-refractivity contribution in [2.45, 2.75) is 19.4 Å². The number of hydrogen-bond acceptors (Lipinski definition) is 2. The lowest BCUT2D eigenvalue weighted by Gasteiger charge is -2.13. The van der Waals surface area contributed by atoms with E-state index in [1.807, 2.05) is 19.1 Å². The minimum atomic E-state index is -0.105. The van der Waals surface area contributed by atoms with Crippen LogP contribution in [0.4, 0.5) is 0 Å². The van der Waals surface area contributed by atoms with Gasteiger partial charge in [0.25, 0.3) is 5.91 Å². The first-order valence-corrected chi connectivity index (χ1v) is 6.78. The highest BCUT2D eigenvalue weighted by atomic mass is 127. The Balaban J connectivity index is 2.76. The minimum Gasteiger partial charge on any atom is -0.396 e. The van der Waals surface area contributed by atoms with Gasteiger partial charge in [-0.3, -0.25) is 4.79 Å². The van der Waals surface area contributed by atoms with Crippen LogP contribution in [-0.2, 0) is 0 Å². The van der Waals surface area contributed by atoms with Crippen molar-refractivity contribution < 1.29 is 9.90 Å². The molecule has 1 amide bonds. The molecule has 0 aliphatic heterocycles. The molecule has 0 bridgehead atoms. The number of amides is 1. The lowest BCUT2D eigenvalue weighted by molar-refractivity contribution is 0.0933. The van der Waals surface area contributed by atoms with E-state index in [1.54, 1.807) is 6.07 Å². The molecule has 0 heterocycles. The molecule has 16 heavy (non-hydrogen) atoms. The molecule has 0 aromatic heterocycles. The maximum absolute atomic E-state index is 11.9. The Hall–Kier alpha value is -0.140. The van der Waals surface area contributed by atoms with Crippen molar-refractivity contribution >= 4 is 44.4 Å². The Kier molecular flexibility index (Phi) is 5.71. The van der Waals surface area contributed by atoms with E-state index in [-0.39, 0.29) is 18.6 Å². The third-order valence-electron chi connectivity index (χ3n) is 2.11. The first-order valence-electron chi connectivity index (χ1n) is 4.91. The molecule has 2 N–H and O–H groups in total. The Bertz CT molecular complexity index is 384. The van der Waals surface area contributed by atoms with Gasteiger partial charge in [0, 0.05) is 20.7 Å². The number of rotatable bonds is 4. The van der Waals surface area contributed by atoms with Crippen LogP contribution in [0.15, 0.2) is 22.7 Å². The topological polar surface area (TPSA) is 49.3 Å². The van der Waals surface area contributed by atoms with Crippen molar-refractivity contribution in [3.05, 3.63) is 31.8 Å². The molecular weight excluding hydrogens is 385 g/mol. The van der Waals surface area contributed by atoms with Gasteiger partial charge in [-0.05, 0) is 54.1 Å². The van der Waals surface area contributed by atoms with Crippen LogP contribution in [0.1, 0.15) is 23.7 Å². The van der Waals surface area contributed by atoms with E-state index in [1.165, 1.54) is 0 Å². The molecule has 88 valence electrons. The number of nitrogens with one attached hydrogen (secondary N) is 1. The summed E-state index contributed by atoms with van der Waals surface area (Å²) in [5.41, 5.74) is 0.653. The summed E-state index contributed by atoms with van der Waals surface area (Å²) in [5.74, 6) is -0.105. The van der Waals surface area contributed by atoms with E-state index in [9.17, 15) is 4.79 Å². The van der Waals surface area contributed by atoms with Crippen LogP contribution in [0, 0.1) is 3.57 Å². The summed E-state index contributed by atoms with van der Waals surface area (Å²) in [5, 5.41) is 11.6. The van der Waals surface area contributed by atoms with Crippen molar-refractivity contribution in [3.63, 3.8) is 0 Å². The minimum absolute atomic E-state index is 0.0210. The quantitative estimate of drug-likeness (QED) is 0.767. The molecular formula is C11H13BrINO2. The Labute approximate surface area is 117 Å². The SMILES string of the molecule is CC(CCO)NC(=O)c1cc(Br)ccc1I. The van der Waals surface area contributed by atoms with Gasteiger partial charge in [-0.25, -0.2) is 0 Å². The van der Waals surface area contributed by atoms with E-state index in [2.05, 4.69) is 43.8 Å². The number of aliphatic hydroxyl groups excluding tert-OH is 1. The van der Waals surface area contributed by atoms with Crippen LogP contribution in [0.5, 0.6) is 0 Å². The highest BCUT2D eigenvalue weighted by Gasteiger charge is 2.12. The lowest BCUT2D eigenvalue weighted by Crippen LogP contribution is -2.33. The van der Waals surface area contributed by atoms with E-state index in [0.717, 1.165) is 8.04 Å². The zero-order valence-electron chi connectivity index (χ0n) is 8.84. The third-order valence-corrected chi connectivity index (χ3v) is 3.55. The summed E-state index contributed by atoms with van der Waals surface area (Å²) >= 11 is 5.47. The zero-order chi connectivity index (χ0) is 12.1. The summed E-state index contributed by atoms with van der Waals surface area (Å²) in [6, 6.07) is 5.56. The van der Waals surface area contributed by atoms with Gasteiger partial charge in [-0.1, -0.05) is 15.9 Å². The number of carbonyl (C=O) groups excluding carboxylic acids is 1. The van der Waals surface area contributed by atoms with E-state index in [0.29, 0.717) is 12.0 Å². The zero-order valence-corrected chi connectivity index (χ0v) is 12.6. The first-order chi connectivity index (χ1) is 7.54. The predicted octanol–water partition coefficient (Wildman–Crippen LogP) is 2.55. The van der Waals surface area contributed by atoms with Gasteiger partial charge in [0.15, 0.2) is 0 Å². The number of hydrogen-bond donors (Lipinski definition) is 2. The molecule has 5 heteroatoms. The second kappa shape index (κ2) is 6.56. The molecule has 3 nitrogen and oxygen atoms in total. The molecule has 0 spiro atoms. The van der Waals surface area contributed by atoms with Crippen molar-refractivity contribution in [2.75, 3.05) is 6.61 Å². The molecule has 0 aliphatic carbocycles. The van der Waals surface area contributed by atoms with E-state index < -0.39 is 0 Å². The summed E-state index contributed by atoms with van der Waals surface area (Å²) in [6.07, 6.45) is 0.566. The van der Waals surface area contributed by atoms with Gasteiger partial charge < -0.3 is 10.4 Å². The second-order valence-electron chi connectivity index (χ2n) is 3.51. The first kappa shape index (κ1) is 13.9. The molecule has 0 aliphatic rings. The monoisotopic (exact) mass is 397 g/mol. The smallest absolute Gasteiger partial charge is 0.252 e. The number of carbonyl (C=O) groups is 1. The molecule has 0 saturated carbocycles. The van der Waals surface area contributed by atoms with Crippen molar-refractivity contribution in [3.8, 4) is 0 Å². The van der Waals surface area contributed by atoms with Crippen LogP contribution in [0.25, 0.3) is 0 Å². The van der Waals surface area contributed by atoms with Gasteiger partial charge in [0.1, 0.15) is 0 Å². The Morgan fingerprint density at radius 1 is 1.62 bits per heavy atom. The maximum Gasteiger partial charge on any atom is 0.252 e. The highest BCUT2D eigenvalue weighted by molar-refractivity contribution is 14.1. The number of aliphatic hydroxyl groups is 1. The molecule has 0 fully saturated rings. The highest BCUT2D eigenvalue weighted by Crippen LogP contribution is 2.18. The summed E-state index contributed by atoms with van der Waals surface area (Å²) in [7, 11) is 0. The van der Waals surface area contributed by atoms with Crippen LogP contribution >= 0.6 is 38.5 Å². The fourth-order valence-electron chi connectivity index (χ4n) is 1.24. The summed E-state index contributed by atoms with van der Waals surface area (Å²) in [6.45, 7) is 1.95. The summed E-state index contributed by atoms with van der Waals surface area (Å²) in [4.78, 5) is 11.9. The van der Waals surface area contributed by atoms with E-state index >= 15 is 0 Å². The summed E-state index contributed by atoms with van der Waals surface area (Å²) < 4.78 is 1.79. The molecule has 1 unspecified atom stereocenters. The molecule has 0 saturated heterocycles. The van der Waals surface area contributed by atoms with Gasteiger partial charge in [-0.2, -0.15) is 0 Å². The largest absolute Gasteiger partial charge is 0.396 e. The average Bonchev–Trinajstić information content (AvgIpc) is 2.21. The maximum atomic E-state index is 11.9. The number of halogens is 2. The van der Waals surface area contributed by atoms with Crippen LogP contribution in [-0.4, -0.2) is 23.7 Å². The van der Waals surface area contributed by atoms with Crippen LogP contribution in [0.3, 0.4) is 0 Å². The van der Waals surface area contributed by atoms with Crippen LogP contribution in [0.2, 0.25) is 0 Å². The fraction of sp³-hybridized carbons (Fsp3) is 0.364. The molecule has 0 radical (unpaired) electrons. The molecule has 1 atom stereocenters. The lowest BCUT2D eigenvalue weighted by atomic mass is 10.2. The van der Waals surface area contributed by atoms with Crippen molar-refractivity contribution in [1.29, 1.82) is 0 Å². The van der Waals surface area contributed by atoms with Crippen LogP contribution < -0.4 is 5.32 Å².